The van der Waals surface area contributed by atoms with Gasteiger partial charge >= 0.3 is 0 Å². The second-order valence-corrected chi connectivity index (χ2v) is 4.62. The van der Waals surface area contributed by atoms with Gasteiger partial charge in [0, 0.05) is 21.7 Å². The van der Waals surface area contributed by atoms with Crippen LogP contribution in [-0.4, -0.2) is 12.1 Å². The molecule has 5 heteroatoms. The van der Waals surface area contributed by atoms with Crippen molar-refractivity contribution in [2.45, 2.75) is 6.04 Å². The number of aromatic nitrogens is 1. The molecule has 0 aliphatic rings. The van der Waals surface area contributed by atoms with E-state index < -0.39 is 0 Å². The quantitative estimate of drug-likeness (QED) is 0.916. The summed E-state index contributed by atoms with van der Waals surface area (Å²) >= 11 is 7.47. The number of ether oxygens (including phenoxy) is 1. The average Bonchev–Trinajstić information content (AvgIpc) is 2.81. The molecule has 0 spiro atoms. The minimum atomic E-state index is -0.249. The summed E-state index contributed by atoms with van der Waals surface area (Å²) in [6, 6.07) is 5.17. The fourth-order valence-electron chi connectivity index (χ4n) is 1.48. The Morgan fingerprint density at radius 1 is 1.50 bits per heavy atom. The Labute approximate surface area is 103 Å². The van der Waals surface area contributed by atoms with E-state index in [0.29, 0.717) is 5.02 Å². The fraction of sp³-hybridized carbons (Fsp3) is 0.182. The number of nitrogens with two attached hydrogens (primary N) is 1. The summed E-state index contributed by atoms with van der Waals surface area (Å²) < 4.78 is 5.27. The van der Waals surface area contributed by atoms with Crippen LogP contribution in [0, 0.1) is 0 Å². The van der Waals surface area contributed by atoms with Crippen LogP contribution in [0.1, 0.15) is 16.5 Å². The van der Waals surface area contributed by atoms with Crippen molar-refractivity contribution in [3.05, 3.63) is 45.4 Å². The molecule has 1 heterocycles. The van der Waals surface area contributed by atoms with Crippen LogP contribution in [0.3, 0.4) is 0 Å². The maximum Gasteiger partial charge on any atom is 0.124 e. The van der Waals surface area contributed by atoms with E-state index in [2.05, 4.69) is 4.98 Å². The molecule has 0 fully saturated rings. The molecule has 1 aromatic heterocycles. The van der Waals surface area contributed by atoms with Crippen molar-refractivity contribution in [3.63, 3.8) is 0 Å². The lowest BCUT2D eigenvalue weighted by Gasteiger charge is -2.14. The van der Waals surface area contributed by atoms with Gasteiger partial charge in [-0.15, -0.1) is 11.3 Å². The number of methoxy groups -OCH3 is 1. The molecule has 2 rings (SSSR count). The highest BCUT2D eigenvalue weighted by atomic mass is 35.5. The molecule has 0 saturated carbocycles. The molecule has 2 aromatic rings. The van der Waals surface area contributed by atoms with Crippen LogP contribution in [0.2, 0.25) is 5.02 Å². The molecular weight excluding hydrogens is 244 g/mol. The molecule has 0 bridgehead atoms. The SMILES string of the molecule is COc1ccc(Cl)cc1C(N)c1cncs1. The number of hydrogen-bond donors (Lipinski definition) is 1. The first-order chi connectivity index (χ1) is 7.72. The number of hydrogen-bond acceptors (Lipinski definition) is 4. The van der Waals surface area contributed by atoms with Crippen LogP contribution in [0.5, 0.6) is 5.75 Å². The molecule has 0 saturated heterocycles. The van der Waals surface area contributed by atoms with E-state index in [1.54, 1.807) is 24.9 Å². The molecule has 2 N–H and O–H groups in total. The summed E-state index contributed by atoms with van der Waals surface area (Å²) in [5.41, 5.74) is 8.77. The standard InChI is InChI=1S/C11H11ClN2OS/c1-15-9-3-2-7(12)4-8(9)11(13)10-5-14-6-16-10/h2-6,11H,13H2,1H3. The number of halogens is 1. The Hall–Kier alpha value is -1.10. The monoisotopic (exact) mass is 254 g/mol. The van der Waals surface area contributed by atoms with Gasteiger partial charge in [0.15, 0.2) is 0 Å². The summed E-state index contributed by atoms with van der Waals surface area (Å²) in [7, 11) is 1.62. The largest absolute Gasteiger partial charge is 0.496 e. The lowest BCUT2D eigenvalue weighted by atomic mass is 10.1. The topological polar surface area (TPSA) is 48.1 Å². The number of benzene rings is 1. The van der Waals surface area contributed by atoms with Crippen LogP contribution < -0.4 is 10.5 Å². The second kappa shape index (κ2) is 4.82. The van der Waals surface area contributed by atoms with Crippen molar-refractivity contribution in [1.29, 1.82) is 0 Å². The number of rotatable bonds is 3. The van der Waals surface area contributed by atoms with E-state index in [-0.39, 0.29) is 6.04 Å². The molecule has 1 unspecified atom stereocenters. The van der Waals surface area contributed by atoms with Crippen LogP contribution >= 0.6 is 22.9 Å². The number of nitrogens with zero attached hydrogens (tertiary/aromatic N) is 1. The van der Waals surface area contributed by atoms with Gasteiger partial charge in [-0.1, -0.05) is 11.6 Å². The van der Waals surface area contributed by atoms with Crippen LogP contribution in [0.15, 0.2) is 29.9 Å². The third-order valence-corrected chi connectivity index (χ3v) is 3.38. The van der Waals surface area contributed by atoms with Gasteiger partial charge in [0.2, 0.25) is 0 Å². The van der Waals surface area contributed by atoms with Gasteiger partial charge in [0.05, 0.1) is 18.7 Å². The summed E-state index contributed by atoms with van der Waals surface area (Å²) in [5.74, 6) is 0.741. The molecule has 1 aromatic carbocycles. The van der Waals surface area contributed by atoms with Crippen molar-refractivity contribution in [2.24, 2.45) is 5.73 Å². The predicted octanol–water partition coefficient (Wildman–Crippen LogP) is 2.85. The number of thiazole rings is 1. The van der Waals surface area contributed by atoms with Crippen LogP contribution in [0.25, 0.3) is 0 Å². The maximum atomic E-state index is 6.14. The van der Waals surface area contributed by atoms with Crippen molar-refractivity contribution in [1.82, 2.24) is 4.98 Å². The summed E-state index contributed by atoms with van der Waals surface area (Å²) in [4.78, 5) is 5.00. The van der Waals surface area contributed by atoms with Crippen LogP contribution in [0.4, 0.5) is 0 Å². The lowest BCUT2D eigenvalue weighted by molar-refractivity contribution is 0.408. The Morgan fingerprint density at radius 2 is 2.31 bits per heavy atom. The Morgan fingerprint density at radius 3 is 2.94 bits per heavy atom. The third-order valence-electron chi connectivity index (χ3n) is 2.28. The molecular formula is C11H11ClN2OS. The highest BCUT2D eigenvalue weighted by molar-refractivity contribution is 7.09. The van der Waals surface area contributed by atoms with Gasteiger partial charge in [-0.05, 0) is 18.2 Å². The molecule has 84 valence electrons. The molecule has 0 aliphatic heterocycles. The van der Waals surface area contributed by atoms with E-state index >= 15 is 0 Å². The summed E-state index contributed by atoms with van der Waals surface area (Å²) in [6.45, 7) is 0. The molecule has 16 heavy (non-hydrogen) atoms. The zero-order valence-corrected chi connectivity index (χ0v) is 10.3. The molecule has 3 nitrogen and oxygen atoms in total. The second-order valence-electron chi connectivity index (χ2n) is 3.27. The molecule has 0 amide bonds. The Kier molecular flexibility index (Phi) is 3.43. The van der Waals surface area contributed by atoms with Gasteiger partial charge < -0.3 is 10.5 Å². The average molecular weight is 255 g/mol. The van der Waals surface area contributed by atoms with Crippen molar-refractivity contribution < 1.29 is 4.74 Å². The lowest BCUT2D eigenvalue weighted by Crippen LogP contribution is -2.11. The van der Waals surface area contributed by atoms with Gasteiger partial charge in [0.25, 0.3) is 0 Å². The van der Waals surface area contributed by atoms with E-state index in [4.69, 9.17) is 22.1 Å². The normalized spacial score (nSPS) is 12.4. The minimum Gasteiger partial charge on any atom is -0.496 e. The third kappa shape index (κ3) is 2.19. The van der Waals surface area contributed by atoms with E-state index in [1.165, 1.54) is 11.3 Å². The van der Waals surface area contributed by atoms with Gasteiger partial charge in [-0.3, -0.25) is 4.98 Å². The zero-order valence-electron chi connectivity index (χ0n) is 8.68. The van der Waals surface area contributed by atoms with Crippen LogP contribution in [-0.2, 0) is 0 Å². The highest BCUT2D eigenvalue weighted by Crippen LogP contribution is 2.31. The smallest absolute Gasteiger partial charge is 0.124 e. The zero-order chi connectivity index (χ0) is 11.5. The molecule has 0 aliphatic carbocycles. The van der Waals surface area contributed by atoms with Crippen molar-refractivity contribution >= 4 is 22.9 Å². The Bertz CT molecular complexity index is 473. The highest BCUT2D eigenvalue weighted by Gasteiger charge is 2.15. The predicted molar refractivity (Wildman–Crippen MR) is 66.1 cm³/mol. The Balaban J connectivity index is 2.42. The van der Waals surface area contributed by atoms with E-state index in [0.717, 1.165) is 16.2 Å². The first-order valence-electron chi connectivity index (χ1n) is 4.69. The molecule has 1 atom stereocenters. The van der Waals surface area contributed by atoms with Gasteiger partial charge in [-0.2, -0.15) is 0 Å². The van der Waals surface area contributed by atoms with E-state index in [9.17, 15) is 0 Å². The van der Waals surface area contributed by atoms with Gasteiger partial charge in [0.1, 0.15) is 5.75 Å². The maximum absolute atomic E-state index is 6.14. The van der Waals surface area contributed by atoms with Crippen molar-refractivity contribution in [2.75, 3.05) is 7.11 Å². The first-order valence-corrected chi connectivity index (χ1v) is 5.95. The van der Waals surface area contributed by atoms with Crippen molar-refractivity contribution in [3.8, 4) is 5.75 Å². The van der Waals surface area contributed by atoms with Gasteiger partial charge in [-0.25, -0.2) is 0 Å². The fourth-order valence-corrected chi connectivity index (χ4v) is 2.30. The molecule has 0 radical (unpaired) electrons. The summed E-state index contributed by atoms with van der Waals surface area (Å²) in [5, 5.41) is 0.649. The first kappa shape index (κ1) is 11.4. The van der Waals surface area contributed by atoms with E-state index in [1.807, 2.05) is 12.1 Å². The summed E-state index contributed by atoms with van der Waals surface area (Å²) in [6.07, 6.45) is 1.76. The minimum absolute atomic E-state index is 0.249.